The first-order valence-corrected chi connectivity index (χ1v) is 5.38. The highest BCUT2D eigenvalue weighted by Crippen LogP contribution is 2.41. The number of thioether (sulfide) groups is 1. The van der Waals surface area contributed by atoms with Crippen molar-refractivity contribution in [1.29, 1.82) is 0 Å². The molecule has 1 aromatic rings. The Morgan fingerprint density at radius 3 is 2.77 bits per heavy atom. The molecule has 68 valence electrons. The van der Waals surface area contributed by atoms with E-state index in [-0.39, 0.29) is 4.75 Å². The number of hydrogen-bond acceptors (Lipinski definition) is 1. The fourth-order valence-electron chi connectivity index (χ4n) is 1.53. The quantitative estimate of drug-likeness (QED) is 0.598. The molecule has 0 nitrogen and oxygen atoms in total. The summed E-state index contributed by atoms with van der Waals surface area (Å²) < 4.78 is 0.249. The highest BCUT2D eigenvalue weighted by Gasteiger charge is 2.21. The average Bonchev–Trinajstić information content (AvgIpc) is 2.06. The van der Waals surface area contributed by atoms with Crippen molar-refractivity contribution in [1.82, 2.24) is 0 Å². The van der Waals surface area contributed by atoms with Crippen LogP contribution in [0.2, 0.25) is 0 Å². The second-order valence-corrected chi connectivity index (χ2v) is 5.70. The predicted octanol–water partition coefficient (Wildman–Crippen LogP) is 3.89. The van der Waals surface area contributed by atoms with Crippen molar-refractivity contribution in [3.63, 3.8) is 0 Å². The van der Waals surface area contributed by atoms with Crippen LogP contribution in [0.5, 0.6) is 0 Å². The largest absolute Gasteiger partial charge is 0.115 e. The Labute approximate surface area is 84.0 Å². The van der Waals surface area contributed by atoms with E-state index in [1.807, 2.05) is 11.8 Å². The second kappa shape index (κ2) is 2.91. The van der Waals surface area contributed by atoms with Gasteiger partial charge in [-0.1, -0.05) is 30.4 Å². The van der Waals surface area contributed by atoms with Crippen LogP contribution in [0, 0.1) is 6.92 Å². The summed E-state index contributed by atoms with van der Waals surface area (Å²) in [6, 6.07) is 6.49. The van der Waals surface area contributed by atoms with E-state index in [1.54, 1.807) is 0 Å². The molecule has 0 spiro atoms. The minimum atomic E-state index is 0.249. The number of benzene rings is 1. The molecule has 1 aliphatic heterocycles. The van der Waals surface area contributed by atoms with Crippen LogP contribution in [0.4, 0.5) is 0 Å². The molecule has 0 saturated heterocycles. The van der Waals surface area contributed by atoms with E-state index in [0.29, 0.717) is 0 Å². The fraction of sp³-hybridized carbons (Fsp3) is 0.333. The van der Waals surface area contributed by atoms with E-state index in [4.69, 9.17) is 0 Å². The average molecular weight is 190 g/mol. The maximum atomic E-state index is 2.28. The zero-order valence-corrected chi connectivity index (χ0v) is 9.11. The van der Waals surface area contributed by atoms with Gasteiger partial charge in [0.05, 0.1) is 0 Å². The van der Waals surface area contributed by atoms with Crippen molar-refractivity contribution < 1.29 is 0 Å². The number of hydrogen-bond donors (Lipinski definition) is 0. The lowest BCUT2D eigenvalue weighted by Gasteiger charge is -2.26. The van der Waals surface area contributed by atoms with Crippen molar-refractivity contribution in [3.8, 4) is 0 Å². The van der Waals surface area contributed by atoms with Crippen molar-refractivity contribution in [2.45, 2.75) is 30.4 Å². The second-order valence-electron chi connectivity index (χ2n) is 4.03. The molecular weight excluding hydrogens is 176 g/mol. The molecule has 1 heterocycles. The van der Waals surface area contributed by atoms with Gasteiger partial charge >= 0.3 is 0 Å². The molecule has 0 unspecified atom stereocenters. The van der Waals surface area contributed by atoms with Gasteiger partial charge in [0.15, 0.2) is 0 Å². The molecule has 0 amide bonds. The molecule has 0 aromatic heterocycles. The minimum Gasteiger partial charge on any atom is -0.115 e. The number of fused-ring (bicyclic) bond motifs is 1. The van der Waals surface area contributed by atoms with Crippen LogP contribution in [-0.2, 0) is 0 Å². The van der Waals surface area contributed by atoms with Gasteiger partial charge in [-0.15, -0.1) is 11.8 Å². The predicted molar refractivity (Wildman–Crippen MR) is 60.1 cm³/mol. The van der Waals surface area contributed by atoms with E-state index in [2.05, 4.69) is 51.1 Å². The zero-order chi connectivity index (χ0) is 9.47. The van der Waals surface area contributed by atoms with Crippen molar-refractivity contribution in [2.75, 3.05) is 0 Å². The van der Waals surface area contributed by atoms with Crippen LogP contribution in [0.25, 0.3) is 6.08 Å². The normalized spacial score (nSPS) is 18.4. The summed E-state index contributed by atoms with van der Waals surface area (Å²) in [5, 5.41) is 0. The lowest BCUT2D eigenvalue weighted by atomic mass is 10.1. The van der Waals surface area contributed by atoms with Gasteiger partial charge in [-0.25, -0.2) is 0 Å². The molecule has 1 aromatic carbocycles. The molecule has 2 rings (SSSR count). The molecule has 0 saturated carbocycles. The summed E-state index contributed by atoms with van der Waals surface area (Å²) in [6.07, 6.45) is 4.51. The van der Waals surface area contributed by atoms with Gasteiger partial charge in [-0.05, 0) is 31.9 Å². The fourth-order valence-corrected chi connectivity index (χ4v) is 2.68. The summed E-state index contributed by atoms with van der Waals surface area (Å²) in [7, 11) is 0. The van der Waals surface area contributed by atoms with Crippen LogP contribution in [0.1, 0.15) is 25.0 Å². The van der Waals surface area contributed by atoms with E-state index < -0.39 is 0 Å². The van der Waals surface area contributed by atoms with Gasteiger partial charge in [0.2, 0.25) is 0 Å². The lowest BCUT2D eigenvalue weighted by molar-refractivity contribution is 0.894. The topological polar surface area (TPSA) is 0 Å². The Morgan fingerprint density at radius 2 is 2.00 bits per heavy atom. The lowest BCUT2D eigenvalue weighted by Crippen LogP contribution is -2.13. The minimum absolute atomic E-state index is 0.249. The molecule has 0 fully saturated rings. The molecule has 0 atom stereocenters. The Balaban J connectivity index is 2.54. The maximum absolute atomic E-state index is 2.28. The monoisotopic (exact) mass is 190 g/mol. The van der Waals surface area contributed by atoms with E-state index in [0.717, 1.165) is 0 Å². The van der Waals surface area contributed by atoms with Crippen LogP contribution in [0.15, 0.2) is 29.2 Å². The standard InChI is InChI=1S/C12H14S/c1-9-5-4-6-10-7-8-12(2,3)13-11(9)10/h4-8H,1-3H3. The summed E-state index contributed by atoms with van der Waals surface area (Å²) in [4.78, 5) is 1.44. The van der Waals surface area contributed by atoms with Gasteiger partial charge in [0, 0.05) is 9.64 Å². The van der Waals surface area contributed by atoms with Gasteiger partial charge < -0.3 is 0 Å². The van der Waals surface area contributed by atoms with E-state index in [9.17, 15) is 0 Å². The smallest absolute Gasteiger partial charge is 0.0333 e. The number of aryl methyl sites for hydroxylation is 1. The molecule has 0 radical (unpaired) electrons. The third-order valence-electron chi connectivity index (χ3n) is 2.27. The Bertz CT molecular complexity index is 361. The molecule has 1 aliphatic rings. The zero-order valence-electron chi connectivity index (χ0n) is 8.29. The highest BCUT2D eigenvalue weighted by atomic mass is 32.2. The van der Waals surface area contributed by atoms with Crippen molar-refractivity contribution in [2.24, 2.45) is 0 Å². The van der Waals surface area contributed by atoms with Gasteiger partial charge in [0.1, 0.15) is 0 Å². The molecule has 13 heavy (non-hydrogen) atoms. The summed E-state index contributed by atoms with van der Waals surface area (Å²) >= 11 is 1.95. The SMILES string of the molecule is Cc1cccc2c1SC(C)(C)C=C2. The van der Waals surface area contributed by atoms with Gasteiger partial charge in [-0.2, -0.15) is 0 Å². The molecule has 0 aliphatic carbocycles. The highest BCUT2D eigenvalue weighted by molar-refractivity contribution is 8.01. The van der Waals surface area contributed by atoms with Crippen LogP contribution in [0.3, 0.4) is 0 Å². The maximum Gasteiger partial charge on any atom is 0.0333 e. The van der Waals surface area contributed by atoms with Crippen LogP contribution in [-0.4, -0.2) is 4.75 Å². The summed E-state index contributed by atoms with van der Waals surface area (Å²) in [6.45, 7) is 6.69. The van der Waals surface area contributed by atoms with Crippen molar-refractivity contribution >= 4 is 17.8 Å². The van der Waals surface area contributed by atoms with E-state index >= 15 is 0 Å². The molecular formula is C12H14S. The summed E-state index contributed by atoms with van der Waals surface area (Å²) in [5.41, 5.74) is 2.75. The Hall–Kier alpha value is -0.690. The van der Waals surface area contributed by atoms with Crippen LogP contribution < -0.4 is 0 Å². The van der Waals surface area contributed by atoms with Gasteiger partial charge in [-0.3, -0.25) is 0 Å². The van der Waals surface area contributed by atoms with Gasteiger partial charge in [0.25, 0.3) is 0 Å². The molecule has 1 heteroatoms. The molecule has 0 bridgehead atoms. The first kappa shape index (κ1) is 8.89. The van der Waals surface area contributed by atoms with Crippen LogP contribution >= 0.6 is 11.8 Å². The van der Waals surface area contributed by atoms with E-state index in [1.165, 1.54) is 16.0 Å². The Morgan fingerprint density at radius 1 is 1.23 bits per heavy atom. The Kier molecular flexibility index (Phi) is 1.99. The molecule has 0 N–H and O–H groups in total. The third-order valence-corrected chi connectivity index (χ3v) is 3.70. The third kappa shape index (κ3) is 1.66. The number of rotatable bonds is 0. The first-order valence-electron chi connectivity index (χ1n) is 4.56. The van der Waals surface area contributed by atoms with Crippen molar-refractivity contribution in [3.05, 3.63) is 35.4 Å². The summed E-state index contributed by atoms with van der Waals surface area (Å²) in [5.74, 6) is 0. The first-order chi connectivity index (χ1) is 6.08.